The second-order valence-corrected chi connectivity index (χ2v) is 6.12. The van der Waals surface area contributed by atoms with Gasteiger partial charge >= 0.3 is 0 Å². The van der Waals surface area contributed by atoms with Gasteiger partial charge in [-0.1, -0.05) is 11.6 Å². The summed E-state index contributed by atoms with van der Waals surface area (Å²) in [5, 5.41) is 3.29. The van der Waals surface area contributed by atoms with Gasteiger partial charge in [0.15, 0.2) is 0 Å². The minimum absolute atomic E-state index is 0.0548. The van der Waals surface area contributed by atoms with Gasteiger partial charge in [-0.2, -0.15) is 0 Å². The van der Waals surface area contributed by atoms with Gasteiger partial charge in [0.2, 0.25) is 5.91 Å². The first kappa shape index (κ1) is 18.2. The number of hydrogen-bond donors (Lipinski definition) is 1. The highest BCUT2D eigenvalue weighted by molar-refractivity contribution is 6.31. The van der Waals surface area contributed by atoms with Crippen LogP contribution in [0.3, 0.4) is 0 Å². The lowest BCUT2D eigenvalue weighted by Gasteiger charge is -2.32. The summed E-state index contributed by atoms with van der Waals surface area (Å²) < 4.78 is 5.25. The summed E-state index contributed by atoms with van der Waals surface area (Å²) in [5.74, 6) is 2.52. The number of halogens is 1. The summed E-state index contributed by atoms with van der Waals surface area (Å²) in [6.07, 6.45) is 7.22. The predicted molar refractivity (Wildman–Crippen MR) is 93.1 cm³/mol. The summed E-state index contributed by atoms with van der Waals surface area (Å²) in [4.78, 5) is 26.7. The largest absolute Gasteiger partial charge is 0.496 e. The van der Waals surface area contributed by atoms with E-state index in [0.717, 1.165) is 12.8 Å². The van der Waals surface area contributed by atoms with E-state index in [9.17, 15) is 9.59 Å². The zero-order valence-corrected chi connectivity index (χ0v) is 14.4. The van der Waals surface area contributed by atoms with Crippen LogP contribution < -0.4 is 10.1 Å². The predicted octanol–water partition coefficient (Wildman–Crippen LogP) is 2.34. The van der Waals surface area contributed by atoms with Crippen LogP contribution in [0.15, 0.2) is 18.2 Å². The molecular weight excluding hydrogens is 328 g/mol. The van der Waals surface area contributed by atoms with Crippen molar-refractivity contribution in [2.24, 2.45) is 5.92 Å². The summed E-state index contributed by atoms with van der Waals surface area (Å²) in [6, 6.07) is 4.94. The molecule has 24 heavy (non-hydrogen) atoms. The van der Waals surface area contributed by atoms with Gasteiger partial charge < -0.3 is 15.0 Å². The Morgan fingerprint density at radius 3 is 3.00 bits per heavy atom. The lowest BCUT2D eigenvalue weighted by molar-refractivity contribution is -0.126. The van der Waals surface area contributed by atoms with Crippen LogP contribution >= 0.6 is 11.6 Å². The standard InChI is InChI=1S/C18H21ClN2O3/c1-3-4-9-20-17(22)13-6-5-10-21(12-13)18(23)15-11-14(19)7-8-16(15)24-2/h1,7-8,11,13H,4-6,9-10,12H2,2H3,(H,20,22)/t13-/m0/s1. The third-order valence-electron chi connectivity index (χ3n) is 4.04. The highest BCUT2D eigenvalue weighted by Crippen LogP contribution is 2.26. The van der Waals surface area contributed by atoms with E-state index in [1.54, 1.807) is 23.1 Å². The summed E-state index contributed by atoms with van der Waals surface area (Å²) in [6.45, 7) is 1.46. The van der Waals surface area contributed by atoms with Gasteiger partial charge in [0, 0.05) is 31.1 Å². The fourth-order valence-corrected chi connectivity index (χ4v) is 2.97. The van der Waals surface area contributed by atoms with E-state index in [4.69, 9.17) is 22.8 Å². The molecule has 0 aliphatic carbocycles. The van der Waals surface area contributed by atoms with Gasteiger partial charge in [0.25, 0.3) is 5.91 Å². The Balaban J connectivity index is 2.06. The SMILES string of the molecule is C#CCCNC(=O)[C@H]1CCCN(C(=O)c2cc(Cl)ccc2OC)C1. The lowest BCUT2D eigenvalue weighted by atomic mass is 9.96. The average molecular weight is 349 g/mol. The molecule has 0 saturated carbocycles. The van der Waals surface area contributed by atoms with Gasteiger partial charge in [0.1, 0.15) is 5.75 Å². The van der Waals surface area contributed by atoms with Crippen molar-refractivity contribution >= 4 is 23.4 Å². The van der Waals surface area contributed by atoms with Gasteiger partial charge in [0.05, 0.1) is 18.6 Å². The fourth-order valence-electron chi connectivity index (χ4n) is 2.80. The van der Waals surface area contributed by atoms with Gasteiger partial charge in [-0.25, -0.2) is 0 Å². The number of amides is 2. The van der Waals surface area contributed by atoms with Crippen LogP contribution in [0.2, 0.25) is 5.02 Å². The normalized spacial score (nSPS) is 17.0. The maximum Gasteiger partial charge on any atom is 0.257 e. The third-order valence-corrected chi connectivity index (χ3v) is 4.27. The third kappa shape index (κ3) is 4.42. The Hall–Kier alpha value is -2.19. The summed E-state index contributed by atoms with van der Waals surface area (Å²) >= 11 is 6.00. The number of ether oxygens (including phenoxy) is 1. The Morgan fingerprint density at radius 2 is 2.29 bits per heavy atom. The number of piperidine rings is 1. The molecule has 2 rings (SSSR count). The number of rotatable bonds is 5. The molecule has 1 N–H and O–H groups in total. The average Bonchev–Trinajstić information content (AvgIpc) is 2.61. The molecule has 128 valence electrons. The fraction of sp³-hybridized carbons (Fsp3) is 0.444. The molecule has 0 spiro atoms. The van der Waals surface area contributed by atoms with E-state index in [2.05, 4.69) is 11.2 Å². The smallest absolute Gasteiger partial charge is 0.257 e. The van der Waals surface area contributed by atoms with Crippen molar-refractivity contribution in [3.63, 3.8) is 0 Å². The monoisotopic (exact) mass is 348 g/mol. The molecule has 1 aromatic rings. The molecule has 0 bridgehead atoms. The van der Waals surface area contributed by atoms with Gasteiger partial charge in [-0.15, -0.1) is 12.3 Å². The minimum Gasteiger partial charge on any atom is -0.496 e. The van der Waals surface area contributed by atoms with Crippen molar-refractivity contribution in [1.82, 2.24) is 10.2 Å². The van der Waals surface area contributed by atoms with E-state index in [1.165, 1.54) is 7.11 Å². The van der Waals surface area contributed by atoms with Crippen LogP contribution in [-0.2, 0) is 4.79 Å². The number of nitrogens with one attached hydrogen (secondary N) is 1. The van der Waals surface area contributed by atoms with Crippen molar-refractivity contribution in [1.29, 1.82) is 0 Å². The number of nitrogens with zero attached hydrogens (tertiary/aromatic N) is 1. The van der Waals surface area contributed by atoms with Crippen LogP contribution in [0.1, 0.15) is 29.6 Å². The second kappa shape index (κ2) is 8.60. The first-order valence-corrected chi connectivity index (χ1v) is 8.28. The topological polar surface area (TPSA) is 58.6 Å². The molecule has 6 heteroatoms. The van der Waals surface area contributed by atoms with Crippen LogP contribution in [0, 0.1) is 18.3 Å². The van der Waals surface area contributed by atoms with Crippen molar-refractivity contribution in [2.45, 2.75) is 19.3 Å². The van der Waals surface area contributed by atoms with E-state index >= 15 is 0 Å². The molecule has 0 aromatic heterocycles. The number of likely N-dealkylation sites (tertiary alicyclic amines) is 1. The van der Waals surface area contributed by atoms with Crippen LogP contribution in [0.4, 0.5) is 0 Å². The number of carbonyl (C=O) groups excluding carboxylic acids is 2. The van der Waals surface area contributed by atoms with Gasteiger partial charge in [-0.3, -0.25) is 9.59 Å². The maximum atomic E-state index is 12.8. The highest BCUT2D eigenvalue weighted by Gasteiger charge is 2.29. The Kier molecular flexibility index (Phi) is 6.51. The van der Waals surface area contributed by atoms with Crippen molar-refractivity contribution in [3.8, 4) is 18.1 Å². The number of terminal acetylenes is 1. The first-order chi connectivity index (χ1) is 11.6. The molecule has 1 saturated heterocycles. The molecule has 1 fully saturated rings. The Morgan fingerprint density at radius 1 is 1.50 bits per heavy atom. The number of methoxy groups -OCH3 is 1. The molecule has 1 heterocycles. The van der Waals surface area contributed by atoms with E-state index in [0.29, 0.717) is 42.4 Å². The van der Waals surface area contributed by atoms with Crippen molar-refractivity contribution < 1.29 is 14.3 Å². The second-order valence-electron chi connectivity index (χ2n) is 5.68. The number of carbonyl (C=O) groups is 2. The zero-order valence-electron chi connectivity index (χ0n) is 13.7. The molecule has 1 aliphatic rings. The zero-order chi connectivity index (χ0) is 17.5. The van der Waals surface area contributed by atoms with Crippen molar-refractivity contribution in [3.05, 3.63) is 28.8 Å². The molecular formula is C18H21ClN2O3. The van der Waals surface area contributed by atoms with E-state index < -0.39 is 0 Å². The molecule has 0 unspecified atom stereocenters. The van der Waals surface area contributed by atoms with Crippen LogP contribution in [0.5, 0.6) is 5.75 Å². The Bertz CT molecular complexity index is 654. The van der Waals surface area contributed by atoms with Crippen LogP contribution in [0.25, 0.3) is 0 Å². The number of hydrogen-bond acceptors (Lipinski definition) is 3. The summed E-state index contributed by atoms with van der Waals surface area (Å²) in [7, 11) is 1.51. The molecule has 1 atom stereocenters. The Labute approximate surface area is 147 Å². The molecule has 1 aromatic carbocycles. The summed E-state index contributed by atoms with van der Waals surface area (Å²) in [5.41, 5.74) is 0.415. The minimum atomic E-state index is -0.217. The van der Waals surface area contributed by atoms with E-state index in [-0.39, 0.29) is 17.7 Å². The van der Waals surface area contributed by atoms with Crippen LogP contribution in [-0.4, -0.2) is 43.5 Å². The highest BCUT2D eigenvalue weighted by atomic mass is 35.5. The molecule has 2 amide bonds. The van der Waals surface area contributed by atoms with Gasteiger partial charge in [-0.05, 0) is 31.0 Å². The van der Waals surface area contributed by atoms with E-state index in [1.807, 2.05) is 0 Å². The number of benzene rings is 1. The lowest BCUT2D eigenvalue weighted by Crippen LogP contribution is -2.45. The molecule has 0 radical (unpaired) electrons. The first-order valence-electron chi connectivity index (χ1n) is 7.90. The molecule has 1 aliphatic heterocycles. The maximum absolute atomic E-state index is 12.8. The van der Waals surface area contributed by atoms with Crippen molar-refractivity contribution in [2.75, 3.05) is 26.7 Å². The molecule has 5 nitrogen and oxygen atoms in total. The quantitative estimate of drug-likeness (QED) is 0.656.